The van der Waals surface area contributed by atoms with E-state index in [0.717, 1.165) is 15.6 Å². The fourth-order valence-corrected chi connectivity index (χ4v) is 5.52. The van der Waals surface area contributed by atoms with E-state index in [0.29, 0.717) is 45.6 Å². The highest BCUT2D eigenvalue weighted by Gasteiger charge is 2.67. The molecule has 3 aromatic rings. The predicted octanol–water partition coefficient (Wildman–Crippen LogP) is 5.73. The lowest BCUT2D eigenvalue weighted by Crippen LogP contribution is -2.52. The van der Waals surface area contributed by atoms with Gasteiger partial charge in [0.15, 0.2) is 5.54 Å². The Labute approximate surface area is 234 Å². The van der Waals surface area contributed by atoms with Crippen molar-refractivity contribution in [2.75, 3.05) is 17.2 Å². The van der Waals surface area contributed by atoms with Crippen LogP contribution in [0.25, 0.3) is 10.9 Å². The van der Waals surface area contributed by atoms with Crippen molar-refractivity contribution in [2.24, 2.45) is 5.41 Å². The third-order valence-electron chi connectivity index (χ3n) is 7.01. The van der Waals surface area contributed by atoms with Crippen LogP contribution in [0.5, 0.6) is 0 Å². The summed E-state index contributed by atoms with van der Waals surface area (Å²) in [6.07, 6.45) is 4.47. The lowest BCUT2D eigenvalue weighted by Gasteiger charge is -2.28. The minimum absolute atomic E-state index is 0.0116. The van der Waals surface area contributed by atoms with E-state index in [9.17, 15) is 18.4 Å². The Morgan fingerprint density at radius 2 is 1.98 bits per heavy atom. The number of rotatable bonds is 7. The molecule has 0 spiro atoms. The maximum absolute atomic E-state index is 13.8. The standard InChI is InChI=1S/C28H29F3N8S/c1-6-17-12-33-23-18(11-32)9-19(10-20(23)22(17)34-14-26(3,4)5)36-24(25-16(2)35-15-40-25)21-13-39(38-37-21)27(7-8-27)28(29,30)31/h1,9-10,12-13,15,24,36-38H,7-8,14H2,2-5H3,(H,33,34)/t24-/m1/s1. The average Bonchev–Trinajstić information content (AvgIpc) is 3.39. The zero-order valence-electron chi connectivity index (χ0n) is 22.5. The number of hydrazine groups is 2. The number of nitrogens with one attached hydrogen (secondary N) is 4. The number of hydrogen-bond donors (Lipinski definition) is 4. The van der Waals surface area contributed by atoms with E-state index in [-0.39, 0.29) is 18.3 Å². The van der Waals surface area contributed by atoms with Gasteiger partial charge in [-0.3, -0.25) is 9.99 Å². The summed E-state index contributed by atoms with van der Waals surface area (Å²) in [5, 5.41) is 18.6. The van der Waals surface area contributed by atoms with Gasteiger partial charge in [0, 0.05) is 30.0 Å². The van der Waals surface area contributed by atoms with Gasteiger partial charge in [0.1, 0.15) is 12.1 Å². The molecule has 0 unspecified atom stereocenters. The maximum Gasteiger partial charge on any atom is 0.413 e. The topological polar surface area (TPSA) is 101 Å². The van der Waals surface area contributed by atoms with Crippen LogP contribution in [0.3, 0.4) is 0 Å². The summed E-state index contributed by atoms with van der Waals surface area (Å²) in [7, 11) is 0. The van der Waals surface area contributed by atoms with Crippen molar-refractivity contribution < 1.29 is 13.2 Å². The highest BCUT2D eigenvalue weighted by molar-refractivity contribution is 7.09. The van der Waals surface area contributed by atoms with Gasteiger partial charge in [0.05, 0.1) is 44.1 Å². The number of terminal acetylenes is 1. The van der Waals surface area contributed by atoms with Crippen LogP contribution in [0.4, 0.5) is 24.5 Å². The van der Waals surface area contributed by atoms with E-state index in [4.69, 9.17) is 6.42 Å². The van der Waals surface area contributed by atoms with Gasteiger partial charge in [-0.1, -0.05) is 26.7 Å². The number of thiazole rings is 1. The SMILES string of the molecule is C#Cc1cnc2c(C#N)cc(N[C@H](C3=CN(C4(C(F)(F)F)CC4)NN3)c3scnc3C)cc2c1NCC(C)(C)C. The number of aromatic nitrogens is 2. The molecule has 1 aliphatic heterocycles. The van der Waals surface area contributed by atoms with Crippen molar-refractivity contribution in [1.82, 2.24) is 25.9 Å². The van der Waals surface area contributed by atoms with Gasteiger partial charge in [-0.05, 0) is 37.3 Å². The highest BCUT2D eigenvalue weighted by atomic mass is 32.1. The minimum atomic E-state index is -4.38. The van der Waals surface area contributed by atoms with E-state index >= 15 is 0 Å². The number of fused-ring (bicyclic) bond motifs is 1. The zero-order valence-corrected chi connectivity index (χ0v) is 23.3. The first-order valence-electron chi connectivity index (χ1n) is 12.7. The molecule has 3 heterocycles. The second kappa shape index (κ2) is 9.88. The zero-order chi connectivity index (χ0) is 28.9. The van der Waals surface area contributed by atoms with Gasteiger partial charge in [-0.25, -0.2) is 4.98 Å². The van der Waals surface area contributed by atoms with Gasteiger partial charge in [0.25, 0.3) is 0 Å². The smallest absolute Gasteiger partial charge is 0.383 e. The molecule has 1 saturated carbocycles. The average molecular weight is 567 g/mol. The van der Waals surface area contributed by atoms with Crippen LogP contribution >= 0.6 is 11.3 Å². The van der Waals surface area contributed by atoms with E-state index < -0.39 is 17.8 Å². The number of hydrogen-bond acceptors (Lipinski definition) is 9. The van der Waals surface area contributed by atoms with Crippen LogP contribution in [-0.2, 0) is 0 Å². The number of halogens is 3. The molecular weight excluding hydrogens is 537 g/mol. The summed E-state index contributed by atoms with van der Waals surface area (Å²) >= 11 is 1.39. The number of nitrogens with zero attached hydrogens (tertiary/aromatic N) is 4. The molecule has 1 aliphatic carbocycles. The Kier molecular flexibility index (Phi) is 6.81. The highest BCUT2D eigenvalue weighted by Crippen LogP contribution is 2.54. The Morgan fingerprint density at radius 1 is 1.23 bits per heavy atom. The Morgan fingerprint density at radius 3 is 2.55 bits per heavy atom. The van der Waals surface area contributed by atoms with Crippen molar-refractivity contribution in [3.63, 3.8) is 0 Å². The molecule has 0 radical (unpaired) electrons. The molecule has 2 aromatic heterocycles. The second-order valence-corrected chi connectivity index (χ2v) is 12.1. The molecule has 8 nitrogen and oxygen atoms in total. The van der Waals surface area contributed by atoms with Crippen LogP contribution in [0.2, 0.25) is 0 Å². The third kappa shape index (κ3) is 5.01. The monoisotopic (exact) mass is 566 g/mol. The molecule has 4 N–H and O–H groups in total. The van der Waals surface area contributed by atoms with Crippen molar-refractivity contribution in [3.05, 3.63) is 57.4 Å². The van der Waals surface area contributed by atoms with Crippen LogP contribution in [0.15, 0.2) is 35.7 Å². The number of alkyl halides is 3. The largest absolute Gasteiger partial charge is 0.413 e. The van der Waals surface area contributed by atoms with Crippen molar-refractivity contribution >= 4 is 33.6 Å². The summed E-state index contributed by atoms with van der Waals surface area (Å²) in [5.41, 5.74) is 9.24. The third-order valence-corrected chi connectivity index (χ3v) is 8.01. The van der Waals surface area contributed by atoms with E-state index in [1.165, 1.54) is 17.5 Å². The Bertz CT molecular complexity index is 1570. The molecule has 1 aromatic carbocycles. The first-order chi connectivity index (χ1) is 18.9. The lowest BCUT2D eigenvalue weighted by atomic mass is 9.96. The number of benzene rings is 1. The van der Waals surface area contributed by atoms with Gasteiger partial charge in [-0.2, -0.15) is 18.4 Å². The Balaban J connectivity index is 1.58. The molecule has 208 valence electrons. The van der Waals surface area contributed by atoms with Crippen molar-refractivity contribution in [1.29, 1.82) is 5.26 Å². The molecule has 0 saturated heterocycles. The van der Waals surface area contributed by atoms with Crippen LogP contribution in [0.1, 0.15) is 61.4 Å². The van der Waals surface area contributed by atoms with Crippen molar-refractivity contribution in [2.45, 2.75) is 58.3 Å². The van der Waals surface area contributed by atoms with E-state index in [1.807, 2.05) is 13.0 Å². The molecule has 2 aliphatic rings. The fourth-order valence-electron chi connectivity index (χ4n) is 4.65. The lowest BCUT2D eigenvalue weighted by molar-refractivity contribution is -0.195. The summed E-state index contributed by atoms with van der Waals surface area (Å²) in [6, 6.07) is 5.18. The van der Waals surface area contributed by atoms with Crippen LogP contribution < -0.4 is 21.6 Å². The predicted molar refractivity (Wildman–Crippen MR) is 150 cm³/mol. The van der Waals surface area contributed by atoms with Crippen LogP contribution in [-0.4, -0.2) is 33.2 Å². The summed E-state index contributed by atoms with van der Waals surface area (Å²) in [5.74, 6) is 2.67. The van der Waals surface area contributed by atoms with Gasteiger partial charge in [-0.15, -0.1) is 23.3 Å². The van der Waals surface area contributed by atoms with E-state index in [2.05, 4.69) is 64.3 Å². The first-order valence-corrected chi connectivity index (χ1v) is 13.6. The molecule has 0 bridgehead atoms. The molecule has 5 rings (SSSR count). The quantitative estimate of drug-likeness (QED) is 0.269. The molecule has 40 heavy (non-hydrogen) atoms. The molecule has 12 heteroatoms. The van der Waals surface area contributed by atoms with Gasteiger partial charge in [0.2, 0.25) is 0 Å². The number of pyridine rings is 1. The Hall–Kier alpha value is -4.00. The molecule has 0 amide bonds. The maximum atomic E-state index is 13.8. The summed E-state index contributed by atoms with van der Waals surface area (Å²) < 4.78 is 41.4. The molecule has 1 atom stereocenters. The summed E-state index contributed by atoms with van der Waals surface area (Å²) in [6.45, 7) is 8.76. The molecule has 1 fully saturated rings. The number of nitriles is 1. The van der Waals surface area contributed by atoms with Gasteiger partial charge >= 0.3 is 6.18 Å². The van der Waals surface area contributed by atoms with E-state index in [1.54, 1.807) is 17.8 Å². The molecular formula is C28H29F3N8S. The first kappa shape index (κ1) is 27.6. The van der Waals surface area contributed by atoms with Crippen molar-refractivity contribution in [3.8, 4) is 18.4 Å². The number of aryl methyl sites for hydroxylation is 1. The second-order valence-electron chi connectivity index (χ2n) is 11.2. The van der Waals surface area contributed by atoms with Crippen LogP contribution in [0, 0.1) is 36.0 Å². The number of anilines is 2. The normalized spacial score (nSPS) is 17.0. The fraction of sp³-hybridized carbons (Fsp3) is 0.393. The summed E-state index contributed by atoms with van der Waals surface area (Å²) in [4.78, 5) is 9.64. The minimum Gasteiger partial charge on any atom is -0.383 e. The van der Waals surface area contributed by atoms with Gasteiger partial charge < -0.3 is 16.1 Å².